The fourth-order valence-electron chi connectivity index (χ4n) is 4.44. The second kappa shape index (κ2) is 7.54. The zero-order valence-corrected chi connectivity index (χ0v) is 17.0. The van der Waals surface area contributed by atoms with Crippen LogP contribution < -0.4 is 10.6 Å². The summed E-state index contributed by atoms with van der Waals surface area (Å²) in [7, 11) is 0. The van der Waals surface area contributed by atoms with Crippen molar-refractivity contribution in [3.05, 3.63) is 100 Å². The van der Waals surface area contributed by atoms with Crippen LogP contribution in [0.3, 0.4) is 0 Å². The van der Waals surface area contributed by atoms with Gasteiger partial charge in [-0.1, -0.05) is 54.1 Å². The van der Waals surface area contributed by atoms with Crippen molar-refractivity contribution in [2.45, 2.75) is 24.8 Å². The first kappa shape index (κ1) is 18.8. The molecule has 0 radical (unpaired) electrons. The molecule has 3 aromatic carbocycles. The third-order valence-electron chi connectivity index (χ3n) is 5.88. The number of rotatable bonds is 2. The molecule has 0 fully saturated rings. The SMILES string of the molecule is O=C1C[C@H](c2ccccc2Cl)CC2=C1[C@H](c1ccc(O)cc1)Nc1ccccc1N2. The van der Waals surface area contributed by atoms with Gasteiger partial charge in [0.1, 0.15) is 5.75 Å². The van der Waals surface area contributed by atoms with Gasteiger partial charge in [0.2, 0.25) is 0 Å². The molecule has 5 heteroatoms. The van der Waals surface area contributed by atoms with Crippen LogP contribution >= 0.6 is 11.6 Å². The highest BCUT2D eigenvalue weighted by Gasteiger charge is 2.36. The topological polar surface area (TPSA) is 61.4 Å². The molecular formula is C25H21ClN2O2. The Labute approximate surface area is 180 Å². The average molecular weight is 417 g/mol. The van der Waals surface area contributed by atoms with E-state index in [9.17, 15) is 9.90 Å². The van der Waals surface area contributed by atoms with Crippen LogP contribution in [0.2, 0.25) is 5.02 Å². The van der Waals surface area contributed by atoms with Crippen LogP contribution in [0.4, 0.5) is 11.4 Å². The van der Waals surface area contributed by atoms with Gasteiger partial charge < -0.3 is 15.7 Å². The van der Waals surface area contributed by atoms with E-state index in [0.29, 0.717) is 17.9 Å². The number of benzene rings is 3. The van der Waals surface area contributed by atoms with Gasteiger partial charge >= 0.3 is 0 Å². The second-order valence-corrected chi connectivity index (χ2v) is 8.19. The number of phenolic OH excluding ortho intramolecular Hbond substituents is 1. The van der Waals surface area contributed by atoms with Gasteiger partial charge in [-0.15, -0.1) is 0 Å². The molecule has 2 atom stereocenters. The molecule has 1 aliphatic heterocycles. The summed E-state index contributed by atoms with van der Waals surface area (Å²) in [6.45, 7) is 0. The highest BCUT2D eigenvalue weighted by molar-refractivity contribution is 6.31. The summed E-state index contributed by atoms with van der Waals surface area (Å²) in [6, 6.07) is 22.5. The number of Topliss-reactive ketones (excluding diaryl/α,β-unsaturated/α-hetero) is 1. The number of para-hydroxylation sites is 2. The van der Waals surface area contributed by atoms with Crippen LogP contribution in [0.15, 0.2) is 84.1 Å². The van der Waals surface area contributed by atoms with Crippen LogP contribution in [0.25, 0.3) is 0 Å². The van der Waals surface area contributed by atoms with Crippen molar-refractivity contribution < 1.29 is 9.90 Å². The van der Waals surface area contributed by atoms with Gasteiger partial charge in [-0.25, -0.2) is 0 Å². The predicted molar refractivity (Wildman–Crippen MR) is 120 cm³/mol. The van der Waals surface area contributed by atoms with E-state index in [4.69, 9.17) is 11.6 Å². The molecule has 3 N–H and O–H groups in total. The van der Waals surface area contributed by atoms with Crippen molar-refractivity contribution >= 4 is 28.8 Å². The number of fused-ring (bicyclic) bond motifs is 1. The summed E-state index contributed by atoms with van der Waals surface area (Å²) < 4.78 is 0. The normalized spacial score (nSPS) is 20.5. The maximum Gasteiger partial charge on any atom is 0.163 e. The van der Waals surface area contributed by atoms with Crippen LogP contribution in [0, 0.1) is 0 Å². The van der Waals surface area contributed by atoms with Crippen LogP contribution in [0.5, 0.6) is 5.75 Å². The first-order valence-electron chi connectivity index (χ1n) is 10.0. The largest absolute Gasteiger partial charge is 0.508 e. The van der Waals surface area contributed by atoms with Crippen molar-refractivity contribution in [1.82, 2.24) is 0 Å². The van der Waals surface area contributed by atoms with Gasteiger partial charge in [-0.05, 0) is 53.8 Å². The van der Waals surface area contributed by atoms with Crippen molar-refractivity contribution in [2.75, 3.05) is 10.6 Å². The van der Waals surface area contributed by atoms with E-state index in [1.54, 1.807) is 12.1 Å². The lowest BCUT2D eigenvalue weighted by atomic mass is 9.78. The molecule has 0 unspecified atom stereocenters. The first-order valence-corrected chi connectivity index (χ1v) is 10.4. The van der Waals surface area contributed by atoms with Gasteiger partial charge in [0.25, 0.3) is 0 Å². The lowest BCUT2D eigenvalue weighted by Gasteiger charge is -2.30. The fourth-order valence-corrected chi connectivity index (χ4v) is 4.73. The molecule has 0 saturated heterocycles. The number of allylic oxidation sites excluding steroid dienone is 1. The monoisotopic (exact) mass is 416 g/mol. The van der Waals surface area contributed by atoms with E-state index in [1.807, 2.05) is 60.7 Å². The molecule has 5 rings (SSSR count). The number of hydrogen-bond acceptors (Lipinski definition) is 4. The lowest BCUT2D eigenvalue weighted by molar-refractivity contribution is -0.116. The molecule has 0 aromatic heterocycles. The molecule has 2 aliphatic rings. The Balaban J connectivity index is 1.62. The summed E-state index contributed by atoms with van der Waals surface area (Å²) in [6.07, 6.45) is 1.12. The molecule has 0 spiro atoms. The van der Waals surface area contributed by atoms with Crippen molar-refractivity contribution in [3.63, 3.8) is 0 Å². The number of anilines is 2. The fraction of sp³-hybridized carbons (Fsp3) is 0.160. The van der Waals surface area contributed by atoms with E-state index < -0.39 is 0 Å². The highest BCUT2D eigenvalue weighted by atomic mass is 35.5. The molecule has 1 aliphatic carbocycles. The molecule has 1 heterocycles. The number of aromatic hydroxyl groups is 1. The highest BCUT2D eigenvalue weighted by Crippen LogP contribution is 2.45. The van der Waals surface area contributed by atoms with Crippen LogP contribution in [-0.2, 0) is 4.79 Å². The summed E-state index contributed by atoms with van der Waals surface area (Å²) in [5.41, 5.74) is 5.49. The molecular weight excluding hydrogens is 396 g/mol. The molecule has 0 amide bonds. The van der Waals surface area contributed by atoms with Crippen molar-refractivity contribution in [1.29, 1.82) is 0 Å². The Kier molecular flexibility index (Phi) is 4.72. The van der Waals surface area contributed by atoms with Gasteiger partial charge in [-0.2, -0.15) is 0 Å². The summed E-state index contributed by atoms with van der Waals surface area (Å²) >= 11 is 6.45. The molecule has 0 bridgehead atoms. The number of nitrogens with one attached hydrogen (secondary N) is 2. The zero-order chi connectivity index (χ0) is 20.7. The number of carbonyl (C=O) groups is 1. The van der Waals surface area contributed by atoms with E-state index in [1.165, 1.54) is 0 Å². The minimum Gasteiger partial charge on any atom is -0.508 e. The Bertz CT molecular complexity index is 1150. The van der Waals surface area contributed by atoms with Crippen LogP contribution in [0.1, 0.15) is 35.9 Å². The van der Waals surface area contributed by atoms with Gasteiger partial charge in [0.15, 0.2) is 5.78 Å². The molecule has 150 valence electrons. The maximum absolute atomic E-state index is 13.4. The third kappa shape index (κ3) is 3.33. The smallest absolute Gasteiger partial charge is 0.163 e. The minimum atomic E-state index is -0.295. The number of ketones is 1. The zero-order valence-electron chi connectivity index (χ0n) is 16.2. The Morgan fingerprint density at radius 2 is 1.57 bits per heavy atom. The Hall–Kier alpha value is -3.24. The molecule has 4 nitrogen and oxygen atoms in total. The molecule has 3 aromatic rings. The van der Waals surface area contributed by atoms with Gasteiger partial charge in [0, 0.05) is 22.7 Å². The summed E-state index contributed by atoms with van der Waals surface area (Å²) in [5.74, 6) is 0.337. The predicted octanol–water partition coefficient (Wildman–Crippen LogP) is 6.03. The standard InChI is InChI=1S/C25H21ClN2O2/c26-19-6-2-1-5-18(19)16-13-22-24(23(30)14-16)25(15-9-11-17(29)12-10-15)28-21-8-4-3-7-20(21)27-22/h1-12,16,25,27-29H,13-14H2/t16-,25+/m1/s1. The molecule has 30 heavy (non-hydrogen) atoms. The quantitative estimate of drug-likeness (QED) is 0.477. The minimum absolute atomic E-state index is 0.0307. The van der Waals surface area contributed by atoms with Gasteiger partial charge in [-0.3, -0.25) is 4.79 Å². The van der Waals surface area contributed by atoms with Gasteiger partial charge in [0.05, 0.1) is 17.4 Å². The van der Waals surface area contributed by atoms with E-state index in [-0.39, 0.29) is 23.5 Å². The number of carbonyl (C=O) groups excluding carboxylic acids is 1. The second-order valence-electron chi connectivity index (χ2n) is 7.78. The number of phenols is 1. The first-order chi connectivity index (χ1) is 14.6. The molecule has 0 saturated carbocycles. The number of halogens is 1. The average Bonchev–Trinajstić information content (AvgIpc) is 2.91. The maximum atomic E-state index is 13.4. The summed E-state index contributed by atoms with van der Waals surface area (Å²) in [5, 5.41) is 17.5. The van der Waals surface area contributed by atoms with E-state index in [0.717, 1.165) is 33.8 Å². The van der Waals surface area contributed by atoms with E-state index >= 15 is 0 Å². The lowest BCUT2D eigenvalue weighted by Crippen LogP contribution is -2.27. The van der Waals surface area contributed by atoms with Crippen molar-refractivity contribution in [3.8, 4) is 5.75 Å². The van der Waals surface area contributed by atoms with Crippen LogP contribution in [-0.4, -0.2) is 10.9 Å². The van der Waals surface area contributed by atoms with Crippen molar-refractivity contribution in [2.24, 2.45) is 0 Å². The van der Waals surface area contributed by atoms with E-state index in [2.05, 4.69) is 10.6 Å². The third-order valence-corrected chi connectivity index (χ3v) is 6.22. The summed E-state index contributed by atoms with van der Waals surface area (Å²) in [4.78, 5) is 13.4. The number of hydrogen-bond donors (Lipinski definition) is 3. The Morgan fingerprint density at radius 1 is 0.867 bits per heavy atom. The Morgan fingerprint density at radius 3 is 2.33 bits per heavy atom.